The molecule has 16 heavy (non-hydrogen) atoms. The largest absolute Gasteiger partial charge is 0.466 e. The Morgan fingerprint density at radius 2 is 2.19 bits per heavy atom. The number of carbonyl (C=O) groups is 1. The lowest BCUT2D eigenvalue weighted by atomic mass is 10.1. The van der Waals surface area contributed by atoms with E-state index in [1.165, 1.54) is 0 Å². The molecular weight excluding hydrogens is 319 g/mol. The van der Waals surface area contributed by atoms with Crippen molar-refractivity contribution in [2.45, 2.75) is 25.9 Å². The van der Waals surface area contributed by atoms with E-state index in [4.69, 9.17) is 4.74 Å². The molecule has 0 aromatic heterocycles. The zero-order chi connectivity index (χ0) is 12.0. The van der Waals surface area contributed by atoms with Crippen LogP contribution in [-0.4, -0.2) is 17.7 Å². The second-order valence-electron chi connectivity index (χ2n) is 3.46. The summed E-state index contributed by atoms with van der Waals surface area (Å²) in [7, 11) is 0. The van der Waals surface area contributed by atoms with Gasteiger partial charge in [0.25, 0.3) is 0 Å². The molecule has 0 aliphatic heterocycles. The summed E-state index contributed by atoms with van der Waals surface area (Å²) in [5, 5.41) is 9.87. The molecular formula is C12H15IO3. The molecule has 1 atom stereocenters. The van der Waals surface area contributed by atoms with Crippen LogP contribution in [0.1, 0.15) is 31.4 Å². The lowest BCUT2D eigenvalue weighted by molar-refractivity contribution is -0.146. The molecule has 1 unspecified atom stereocenters. The highest BCUT2D eigenvalue weighted by molar-refractivity contribution is 14.1. The number of hydrogen-bond donors (Lipinski definition) is 1. The van der Waals surface area contributed by atoms with Crippen LogP contribution in [-0.2, 0) is 9.53 Å². The molecule has 0 aliphatic carbocycles. The average Bonchev–Trinajstić information content (AvgIpc) is 2.26. The molecule has 0 aliphatic rings. The van der Waals surface area contributed by atoms with Crippen LogP contribution >= 0.6 is 22.6 Å². The molecule has 0 heterocycles. The van der Waals surface area contributed by atoms with Gasteiger partial charge < -0.3 is 9.84 Å². The van der Waals surface area contributed by atoms with Crippen LogP contribution in [0.25, 0.3) is 0 Å². The van der Waals surface area contributed by atoms with Crippen LogP contribution in [0.3, 0.4) is 0 Å². The Morgan fingerprint density at radius 1 is 1.50 bits per heavy atom. The fourth-order valence-electron chi connectivity index (χ4n) is 1.29. The van der Waals surface area contributed by atoms with Crippen LogP contribution in [0.2, 0.25) is 0 Å². The topological polar surface area (TPSA) is 46.5 Å². The van der Waals surface area contributed by atoms with Gasteiger partial charge in [0.1, 0.15) is 0 Å². The van der Waals surface area contributed by atoms with Crippen molar-refractivity contribution in [1.82, 2.24) is 0 Å². The summed E-state index contributed by atoms with van der Waals surface area (Å²) in [5.74, 6) is -0.353. The Kier molecular flexibility index (Phi) is 5.76. The van der Waals surface area contributed by atoms with Gasteiger partial charge in [0.05, 0.1) is 19.1 Å². The van der Waals surface area contributed by atoms with E-state index in [1.807, 2.05) is 31.2 Å². The SMILES string of the molecule is CCCOC(=O)CC(O)c1ccccc1I. The third-order valence-electron chi connectivity index (χ3n) is 2.09. The predicted octanol–water partition coefficient (Wildman–Crippen LogP) is 2.67. The first-order valence-corrected chi connectivity index (χ1v) is 6.31. The Morgan fingerprint density at radius 3 is 2.81 bits per heavy atom. The Labute approximate surface area is 109 Å². The quantitative estimate of drug-likeness (QED) is 0.665. The molecule has 1 N–H and O–H groups in total. The van der Waals surface area contributed by atoms with Gasteiger partial charge in [0, 0.05) is 3.57 Å². The van der Waals surface area contributed by atoms with Gasteiger partial charge in [-0.1, -0.05) is 25.1 Å². The van der Waals surface area contributed by atoms with E-state index in [0.29, 0.717) is 6.61 Å². The van der Waals surface area contributed by atoms with Gasteiger partial charge >= 0.3 is 5.97 Å². The fraction of sp³-hybridized carbons (Fsp3) is 0.417. The number of esters is 1. The second kappa shape index (κ2) is 6.85. The number of aliphatic hydroxyl groups is 1. The number of halogens is 1. The molecule has 0 bridgehead atoms. The van der Waals surface area contributed by atoms with Crippen LogP contribution in [0.5, 0.6) is 0 Å². The van der Waals surface area contributed by atoms with E-state index in [-0.39, 0.29) is 12.4 Å². The molecule has 3 nitrogen and oxygen atoms in total. The molecule has 0 spiro atoms. The molecule has 1 aromatic carbocycles. The highest BCUT2D eigenvalue weighted by Crippen LogP contribution is 2.22. The van der Waals surface area contributed by atoms with E-state index in [1.54, 1.807) is 0 Å². The Bertz CT molecular complexity index is 352. The van der Waals surface area contributed by atoms with Gasteiger partial charge in [-0.15, -0.1) is 0 Å². The molecule has 0 radical (unpaired) electrons. The smallest absolute Gasteiger partial charge is 0.308 e. The molecule has 88 valence electrons. The summed E-state index contributed by atoms with van der Waals surface area (Å²) in [6.45, 7) is 2.35. The third kappa shape index (κ3) is 4.09. The summed E-state index contributed by atoms with van der Waals surface area (Å²) < 4.78 is 5.88. The highest BCUT2D eigenvalue weighted by Gasteiger charge is 2.15. The minimum absolute atomic E-state index is 0.0139. The average molecular weight is 334 g/mol. The lowest BCUT2D eigenvalue weighted by Crippen LogP contribution is -2.11. The Hall–Kier alpha value is -0.620. The van der Waals surface area contributed by atoms with Crippen molar-refractivity contribution < 1.29 is 14.6 Å². The number of aliphatic hydroxyl groups excluding tert-OH is 1. The fourth-order valence-corrected chi connectivity index (χ4v) is 2.03. The van der Waals surface area contributed by atoms with E-state index in [0.717, 1.165) is 15.6 Å². The van der Waals surface area contributed by atoms with Crippen molar-refractivity contribution in [3.05, 3.63) is 33.4 Å². The monoisotopic (exact) mass is 334 g/mol. The third-order valence-corrected chi connectivity index (χ3v) is 3.07. The maximum absolute atomic E-state index is 11.3. The van der Waals surface area contributed by atoms with Gasteiger partial charge in [-0.25, -0.2) is 0 Å². The first-order valence-electron chi connectivity index (χ1n) is 5.23. The van der Waals surface area contributed by atoms with Gasteiger partial charge in [-0.05, 0) is 40.6 Å². The van der Waals surface area contributed by atoms with E-state index < -0.39 is 6.10 Å². The van der Waals surface area contributed by atoms with Crippen molar-refractivity contribution in [1.29, 1.82) is 0 Å². The lowest BCUT2D eigenvalue weighted by Gasteiger charge is -2.12. The predicted molar refractivity (Wildman–Crippen MR) is 70.0 cm³/mol. The van der Waals surface area contributed by atoms with Crippen LogP contribution < -0.4 is 0 Å². The molecule has 1 rings (SSSR count). The number of carbonyl (C=O) groups excluding carboxylic acids is 1. The minimum Gasteiger partial charge on any atom is -0.466 e. The number of benzene rings is 1. The van der Waals surface area contributed by atoms with E-state index in [2.05, 4.69) is 22.6 Å². The maximum Gasteiger partial charge on any atom is 0.308 e. The summed E-state index contributed by atoms with van der Waals surface area (Å²) in [5.41, 5.74) is 0.775. The van der Waals surface area contributed by atoms with Crippen molar-refractivity contribution in [3.63, 3.8) is 0 Å². The summed E-state index contributed by atoms with van der Waals surface area (Å²) >= 11 is 2.14. The normalized spacial score (nSPS) is 12.2. The zero-order valence-corrected chi connectivity index (χ0v) is 11.3. The first kappa shape index (κ1) is 13.4. The molecule has 4 heteroatoms. The summed E-state index contributed by atoms with van der Waals surface area (Å²) in [4.78, 5) is 11.3. The molecule has 0 fully saturated rings. The molecule has 1 aromatic rings. The van der Waals surface area contributed by atoms with Gasteiger partial charge in [-0.3, -0.25) is 4.79 Å². The minimum atomic E-state index is -0.780. The van der Waals surface area contributed by atoms with Crippen molar-refractivity contribution in [3.8, 4) is 0 Å². The van der Waals surface area contributed by atoms with Crippen LogP contribution in [0.4, 0.5) is 0 Å². The molecule has 0 saturated heterocycles. The summed E-state index contributed by atoms with van der Waals surface area (Å²) in [6, 6.07) is 7.46. The van der Waals surface area contributed by atoms with Crippen molar-refractivity contribution in [2.24, 2.45) is 0 Å². The number of ether oxygens (including phenoxy) is 1. The summed E-state index contributed by atoms with van der Waals surface area (Å²) in [6.07, 6.45) is 0.0301. The Balaban J connectivity index is 2.55. The van der Waals surface area contributed by atoms with Crippen LogP contribution in [0.15, 0.2) is 24.3 Å². The maximum atomic E-state index is 11.3. The molecule has 0 amide bonds. The van der Waals surface area contributed by atoms with Gasteiger partial charge in [0.15, 0.2) is 0 Å². The highest BCUT2D eigenvalue weighted by atomic mass is 127. The first-order chi connectivity index (χ1) is 7.65. The van der Waals surface area contributed by atoms with Gasteiger partial charge in [0.2, 0.25) is 0 Å². The number of hydrogen-bond acceptors (Lipinski definition) is 3. The van der Waals surface area contributed by atoms with Gasteiger partial charge in [-0.2, -0.15) is 0 Å². The zero-order valence-electron chi connectivity index (χ0n) is 9.15. The second-order valence-corrected chi connectivity index (χ2v) is 4.62. The molecule has 0 saturated carbocycles. The van der Waals surface area contributed by atoms with Crippen LogP contribution in [0, 0.1) is 3.57 Å². The van der Waals surface area contributed by atoms with Crippen molar-refractivity contribution >= 4 is 28.6 Å². The van der Waals surface area contributed by atoms with Crippen molar-refractivity contribution in [2.75, 3.05) is 6.61 Å². The standard InChI is InChI=1S/C12H15IO3/c1-2-7-16-12(15)8-11(14)9-5-3-4-6-10(9)13/h3-6,11,14H,2,7-8H2,1H3. The van der Waals surface area contributed by atoms with E-state index >= 15 is 0 Å². The number of rotatable bonds is 5. The van der Waals surface area contributed by atoms with E-state index in [9.17, 15) is 9.90 Å².